The molecule has 0 aliphatic carbocycles. The number of methoxy groups -OCH3 is 2. The van der Waals surface area contributed by atoms with E-state index < -0.39 is 0 Å². The number of rotatable bonds is 7. The number of ether oxygens (including phenoxy) is 4. The second kappa shape index (κ2) is 9.84. The quantitative estimate of drug-likeness (QED) is 0.357. The first-order valence-electron chi connectivity index (χ1n) is 10.7. The van der Waals surface area contributed by atoms with Crippen LogP contribution in [-0.2, 0) is 6.54 Å². The molecule has 0 bridgehead atoms. The van der Waals surface area contributed by atoms with E-state index in [2.05, 4.69) is 12.1 Å². The molecular formula is C26H23N3O4S. The average Bonchev–Trinajstić information content (AvgIpc) is 3.52. The first-order chi connectivity index (χ1) is 16.7. The maximum absolute atomic E-state index is 5.63. The van der Waals surface area contributed by atoms with Crippen molar-refractivity contribution in [3.8, 4) is 34.3 Å². The highest BCUT2D eigenvalue weighted by Crippen LogP contribution is 2.34. The normalized spacial score (nSPS) is 12.9. The van der Waals surface area contributed by atoms with Gasteiger partial charge in [0.2, 0.25) is 11.6 Å². The van der Waals surface area contributed by atoms with Gasteiger partial charge in [-0.15, -0.1) is 11.3 Å². The summed E-state index contributed by atoms with van der Waals surface area (Å²) >= 11 is 1.52. The highest BCUT2D eigenvalue weighted by atomic mass is 32.1. The standard InChI is InChI=1S/C26H23N3O4S/c1-30-20-9-11-23(31-2)21(13-20)22-16-34-26(27-14-18-6-4-3-5-7-18)29(22)28-15-19-8-10-24-25(12-19)33-17-32-24/h3-13,15-16H,14,17H2,1-2H3. The second-order valence-corrected chi connectivity index (χ2v) is 8.28. The molecule has 172 valence electrons. The van der Waals surface area contributed by atoms with Crippen molar-refractivity contribution in [3.63, 3.8) is 0 Å². The second-order valence-electron chi connectivity index (χ2n) is 7.44. The third kappa shape index (κ3) is 4.53. The molecule has 7 nitrogen and oxygen atoms in total. The van der Waals surface area contributed by atoms with Gasteiger partial charge >= 0.3 is 0 Å². The van der Waals surface area contributed by atoms with Gasteiger partial charge in [0.15, 0.2) is 11.5 Å². The summed E-state index contributed by atoms with van der Waals surface area (Å²) in [5.41, 5.74) is 3.73. The van der Waals surface area contributed by atoms with Gasteiger partial charge in [-0.05, 0) is 47.5 Å². The van der Waals surface area contributed by atoms with Crippen LogP contribution in [-0.4, -0.2) is 31.9 Å². The van der Waals surface area contributed by atoms with Gasteiger partial charge in [-0.3, -0.25) is 4.99 Å². The highest BCUT2D eigenvalue weighted by Gasteiger charge is 2.15. The number of nitrogens with zero attached hydrogens (tertiary/aromatic N) is 3. The molecule has 34 heavy (non-hydrogen) atoms. The number of hydrogen-bond acceptors (Lipinski definition) is 7. The van der Waals surface area contributed by atoms with Crippen molar-refractivity contribution in [2.24, 2.45) is 10.1 Å². The zero-order valence-corrected chi connectivity index (χ0v) is 19.6. The van der Waals surface area contributed by atoms with Crippen molar-refractivity contribution < 1.29 is 18.9 Å². The Hall–Kier alpha value is -4.04. The van der Waals surface area contributed by atoms with E-state index in [1.807, 2.05) is 64.7 Å². The molecule has 5 rings (SSSR count). The fourth-order valence-electron chi connectivity index (χ4n) is 3.58. The molecule has 0 N–H and O–H groups in total. The van der Waals surface area contributed by atoms with Crippen molar-refractivity contribution in [1.29, 1.82) is 0 Å². The Labute approximate surface area is 201 Å². The van der Waals surface area contributed by atoms with Crippen molar-refractivity contribution in [2.45, 2.75) is 6.54 Å². The van der Waals surface area contributed by atoms with Crippen LogP contribution in [0.5, 0.6) is 23.0 Å². The van der Waals surface area contributed by atoms with Crippen LogP contribution in [0.4, 0.5) is 0 Å². The van der Waals surface area contributed by atoms with Crippen LogP contribution >= 0.6 is 11.3 Å². The predicted molar refractivity (Wildman–Crippen MR) is 132 cm³/mol. The van der Waals surface area contributed by atoms with Crippen LogP contribution in [0.3, 0.4) is 0 Å². The van der Waals surface area contributed by atoms with Crippen LogP contribution in [0.1, 0.15) is 11.1 Å². The van der Waals surface area contributed by atoms with Gasteiger partial charge in [0.05, 0.1) is 32.7 Å². The lowest BCUT2D eigenvalue weighted by molar-refractivity contribution is 0.174. The number of thiazole rings is 1. The van der Waals surface area contributed by atoms with Gasteiger partial charge in [-0.25, -0.2) is 4.68 Å². The van der Waals surface area contributed by atoms with Crippen LogP contribution in [0.25, 0.3) is 11.3 Å². The molecule has 0 spiro atoms. The van der Waals surface area contributed by atoms with E-state index in [1.165, 1.54) is 11.3 Å². The fourth-order valence-corrected chi connectivity index (χ4v) is 4.41. The number of benzene rings is 3. The Balaban J connectivity index is 1.59. The van der Waals surface area contributed by atoms with E-state index in [1.54, 1.807) is 20.4 Å². The van der Waals surface area contributed by atoms with Crippen LogP contribution in [0.2, 0.25) is 0 Å². The fraction of sp³-hybridized carbons (Fsp3) is 0.154. The molecule has 1 aliphatic heterocycles. The van der Waals surface area contributed by atoms with E-state index in [0.29, 0.717) is 12.3 Å². The summed E-state index contributed by atoms with van der Waals surface area (Å²) in [6, 6.07) is 21.6. The molecule has 0 unspecified atom stereocenters. The minimum atomic E-state index is 0.234. The van der Waals surface area contributed by atoms with Crippen molar-refractivity contribution in [3.05, 3.63) is 88.0 Å². The van der Waals surface area contributed by atoms with Crippen LogP contribution in [0.15, 0.2) is 82.2 Å². The van der Waals surface area contributed by atoms with Crippen LogP contribution in [0, 0.1) is 0 Å². The lowest BCUT2D eigenvalue weighted by Gasteiger charge is -2.11. The van der Waals surface area contributed by atoms with Crippen molar-refractivity contribution in [1.82, 2.24) is 4.68 Å². The van der Waals surface area contributed by atoms with E-state index in [-0.39, 0.29) is 6.79 Å². The topological polar surface area (TPSA) is 66.6 Å². The largest absolute Gasteiger partial charge is 0.497 e. The highest BCUT2D eigenvalue weighted by molar-refractivity contribution is 7.07. The molecule has 0 amide bonds. The molecule has 0 atom stereocenters. The number of fused-ring (bicyclic) bond motifs is 1. The molecule has 0 radical (unpaired) electrons. The zero-order valence-electron chi connectivity index (χ0n) is 18.8. The molecule has 1 aromatic heterocycles. The lowest BCUT2D eigenvalue weighted by Crippen LogP contribution is -2.12. The Morgan fingerprint density at radius 1 is 0.971 bits per heavy atom. The summed E-state index contributed by atoms with van der Waals surface area (Å²) < 4.78 is 23.8. The van der Waals surface area contributed by atoms with E-state index >= 15 is 0 Å². The molecule has 3 aromatic carbocycles. The smallest absolute Gasteiger partial charge is 0.231 e. The predicted octanol–water partition coefficient (Wildman–Crippen LogP) is 4.95. The molecule has 0 fully saturated rings. The first kappa shape index (κ1) is 21.8. The summed E-state index contributed by atoms with van der Waals surface area (Å²) in [5, 5.41) is 6.82. The number of hydrogen-bond donors (Lipinski definition) is 0. The summed E-state index contributed by atoms with van der Waals surface area (Å²) in [7, 11) is 3.30. The van der Waals surface area contributed by atoms with Gasteiger partial charge in [0.25, 0.3) is 0 Å². The molecule has 4 aromatic rings. The molecule has 1 aliphatic rings. The maximum atomic E-state index is 5.63. The first-order valence-corrected chi connectivity index (χ1v) is 11.5. The lowest BCUT2D eigenvalue weighted by atomic mass is 10.1. The summed E-state index contributed by atoms with van der Waals surface area (Å²) in [6.07, 6.45) is 1.78. The average molecular weight is 474 g/mol. The summed E-state index contributed by atoms with van der Waals surface area (Å²) in [6.45, 7) is 0.785. The Morgan fingerprint density at radius 3 is 2.65 bits per heavy atom. The minimum absolute atomic E-state index is 0.234. The van der Waals surface area contributed by atoms with Gasteiger partial charge < -0.3 is 18.9 Å². The third-order valence-corrected chi connectivity index (χ3v) is 6.18. The molecule has 0 saturated carbocycles. The van der Waals surface area contributed by atoms with Gasteiger partial charge in [0.1, 0.15) is 11.5 Å². The SMILES string of the molecule is COc1ccc(OC)c(-c2csc(=NCc3ccccc3)n2N=Cc2ccc3c(c2)OCO3)c1. The summed E-state index contributed by atoms with van der Waals surface area (Å²) in [4.78, 5) is 5.61. The molecule has 8 heteroatoms. The minimum Gasteiger partial charge on any atom is -0.497 e. The Kier molecular flexibility index (Phi) is 6.31. The molecule has 0 saturated heterocycles. The maximum Gasteiger partial charge on any atom is 0.231 e. The van der Waals surface area contributed by atoms with Gasteiger partial charge in [0, 0.05) is 10.9 Å². The van der Waals surface area contributed by atoms with Crippen LogP contribution < -0.4 is 23.7 Å². The van der Waals surface area contributed by atoms with E-state index in [9.17, 15) is 0 Å². The monoisotopic (exact) mass is 473 g/mol. The van der Waals surface area contributed by atoms with Crippen molar-refractivity contribution in [2.75, 3.05) is 21.0 Å². The molecular weight excluding hydrogens is 450 g/mol. The third-order valence-electron chi connectivity index (χ3n) is 5.33. The Bertz CT molecular complexity index is 1390. The van der Waals surface area contributed by atoms with Crippen molar-refractivity contribution >= 4 is 17.6 Å². The number of aromatic nitrogens is 1. The summed E-state index contributed by atoms with van der Waals surface area (Å²) in [5.74, 6) is 2.90. The molecule has 2 heterocycles. The van der Waals surface area contributed by atoms with E-state index in [4.69, 9.17) is 29.0 Å². The zero-order chi connectivity index (χ0) is 23.3. The Morgan fingerprint density at radius 2 is 1.82 bits per heavy atom. The van der Waals surface area contributed by atoms with Gasteiger partial charge in [-0.2, -0.15) is 5.10 Å². The van der Waals surface area contributed by atoms with E-state index in [0.717, 1.165) is 44.4 Å². The van der Waals surface area contributed by atoms with Gasteiger partial charge in [-0.1, -0.05) is 30.3 Å².